The van der Waals surface area contributed by atoms with Gasteiger partial charge in [-0.15, -0.1) is 0 Å². The Morgan fingerprint density at radius 2 is 2.43 bits per heavy atom. The van der Waals surface area contributed by atoms with Crippen LogP contribution in [0.1, 0.15) is 18.1 Å². The summed E-state index contributed by atoms with van der Waals surface area (Å²) >= 11 is 0. The average molecular weight is 197 g/mol. The molecule has 2 rings (SSSR count). The molecule has 4 N–H and O–H groups in total. The van der Waals surface area contributed by atoms with Crippen LogP contribution in [0.15, 0.2) is 4.52 Å². The number of likely N-dealkylation sites (tertiary alicyclic amines) is 1. The summed E-state index contributed by atoms with van der Waals surface area (Å²) in [5.41, 5.74) is 11.1. The zero-order valence-electron chi connectivity index (χ0n) is 8.02. The van der Waals surface area contributed by atoms with Gasteiger partial charge in [-0.1, -0.05) is 5.16 Å². The smallest absolute Gasteiger partial charge is 0.240 e. The van der Waals surface area contributed by atoms with E-state index in [9.17, 15) is 0 Å². The normalized spacial score (nSPS) is 23.1. The van der Waals surface area contributed by atoms with E-state index in [1.165, 1.54) is 0 Å². The molecule has 1 aromatic heterocycles. The first kappa shape index (κ1) is 9.57. The highest BCUT2D eigenvalue weighted by atomic mass is 16.5. The molecule has 0 unspecified atom stereocenters. The third-order valence-electron chi connectivity index (χ3n) is 2.36. The van der Waals surface area contributed by atoms with Gasteiger partial charge in [0.1, 0.15) is 0 Å². The quantitative estimate of drug-likeness (QED) is 0.649. The summed E-state index contributed by atoms with van der Waals surface area (Å²) in [6.45, 7) is 2.92. The van der Waals surface area contributed by atoms with Crippen molar-refractivity contribution in [2.45, 2.75) is 25.6 Å². The van der Waals surface area contributed by atoms with Gasteiger partial charge in [0.05, 0.1) is 13.1 Å². The molecule has 1 aliphatic rings. The molecule has 0 bridgehead atoms. The van der Waals surface area contributed by atoms with Gasteiger partial charge in [-0.25, -0.2) is 0 Å². The van der Waals surface area contributed by atoms with Crippen LogP contribution in [0.2, 0.25) is 0 Å². The van der Waals surface area contributed by atoms with Gasteiger partial charge in [0.25, 0.3) is 0 Å². The summed E-state index contributed by atoms with van der Waals surface area (Å²) in [5.74, 6) is 1.18. The molecule has 0 aliphatic carbocycles. The fourth-order valence-electron chi connectivity index (χ4n) is 1.64. The maximum absolute atomic E-state index is 5.78. The van der Waals surface area contributed by atoms with Gasteiger partial charge in [0, 0.05) is 19.1 Å². The summed E-state index contributed by atoms with van der Waals surface area (Å²) in [6, 6.07) is 0.288. The summed E-state index contributed by atoms with van der Waals surface area (Å²) in [7, 11) is 0. The van der Waals surface area contributed by atoms with Gasteiger partial charge in [-0.05, 0) is 6.42 Å². The van der Waals surface area contributed by atoms with Crippen molar-refractivity contribution < 1.29 is 4.52 Å². The zero-order chi connectivity index (χ0) is 9.97. The van der Waals surface area contributed by atoms with E-state index in [0.717, 1.165) is 19.5 Å². The molecule has 0 saturated carbocycles. The van der Waals surface area contributed by atoms with Crippen LogP contribution in [0.25, 0.3) is 0 Å². The Morgan fingerprint density at radius 1 is 1.57 bits per heavy atom. The molecule has 1 aliphatic heterocycles. The molecule has 14 heavy (non-hydrogen) atoms. The first-order valence-corrected chi connectivity index (χ1v) is 4.77. The Labute approximate surface area is 82.2 Å². The third-order valence-corrected chi connectivity index (χ3v) is 2.36. The second-order valence-corrected chi connectivity index (χ2v) is 3.59. The summed E-state index contributed by atoms with van der Waals surface area (Å²) < 4.78 is 4.91. The van der Waals surface area contributed by atoms with Crippen molar-refractivity contribution in [3.8, 4) is 0 Å². The van der Waals surface area contributed by atoms with Crippen molar-refractivity contribution in [1.29, 1.82) is 0 Å². The number of hydrogen-bond donors (Lipinski definition) is 2. The van der Waals surface area contributed by atoms with E-state index in [0.29, 0.717) is 24.8 Å². The highest BCUT2D eigenvalue weighted by Gasteiger charge is 2.20. The third kappa shape index (κ3) is 2.09. The second-order valence-electron chi connectivity index (χ2n) is 3.59. The van der Waals surface area contributed by atoms with Crippen LogP contribution in [0.5, 0.6) is 0 Å². The fourth-order valence-corrected chi connectivity index (χ4v) is 1.64. The van der Waals surface area contributed by atoms with Crippen LogP contribution in [0, 0.1) is 0 Å². The number of nitrogens with two attached hydrogens (primary N) is 2. The molecular formula is C8H15N5O. The molecule has 1 aromatic rings. The van der Waals surface area contributed by atoms with E-state index >= 15 is 0 Å². The lowest BCUT2D eigenvalue weighted by Crippen LogP contribution is -2.26. The Kier molecular flexibility index (Phi) is 2.76. The van der Waals surface area contributed by atoms with Crippen molar-refractivity contribution in [1.82, 2.24) is 15.0 Å². The van der Waals surface area contributed by atoms with Gasteiger partial charge in [-0.3, -0.25) is 4.90 Å². The zero-order valence-corrected chi connectivity index (χ0v) is 8.02. The molecular weight excluding hydrogens is 182 g/mol. The van der Waals surface area contributed by atoms with Crippen molar-refractivity contribution >= 4 is 0 Å². The Balaban J connectivity index is 1.90. The standard InChI is InChI=1S/C8H15N5O/c9-3-8-11-7(12-14-8)5-13-2-1-6(10)4-13/h6H,1-5,9-10H2/t6-/m0/s1. The maximum Gasteiger partial charge on any atom is 0.240 e. The van der Waals surface area contributed by atoms with E-state index < -0.39 is 0 Å². The topological polar surface area (TPSA) is 94.2 Å². The van der Waals surface area contributed by atoms with Gasteiger partial charge in [0.2, 0.25) is 5.89 Å². The molecule has 6 nitrogen and oxygen atoms in total. The van der Waals surface area contributed by atoms with E-state index in [2.05, 4.69) is 15.0 Å². The number of rotatable bonds is 3. The van der Waals surface area contributed by atoms with Crippen molar-refractivity contribution in [3.05, 3.63) is 11.7 Å². The van der Waals surface area contributed by atoms with Crippen molar-refractivity contribution in [2.24, 2.45) is 11.5 Å². The van der Waals surface area contributed by atoms with Crippen LogP contribution in [-0.2, 0) is 13.1 Å². The van der Waals surface area contributed by atoms with Crippen LogP contribution < -0.4 is 11.5 Å². The van der Waals surface area contributed by atoms with Crippen LogP contribution in [-0.4, -0.2) is 34.2 Å². The number of hydrogen-bond acceptors (Lipinski definition) is 6. The Hall–Kier alpha value is -0.980. The number of nitrogens with zero attached hydrogens (tertiary/aromatic N) is 3. The Bertz CT molecular complexity index is 300. The Morgan fingerprint density at radius 3 is 3.00 bits per heavy atom. The van der Waals surface area contributed by atoms with Crippen LogP contribution >= 0.6 is 0 Å². The van der Waals surface area contributed by atoms with E-state index in [4.69, 9.17) is 16.0 Å². The summed E-state index contributed by atoms with van der Waals surface area (Å²) in [6.07, 6.45) is 1.04. The van der Waals surface area contributed by atoms with Crippen molar-refractivity contribution in [3.63, 3.8) is 0 Å². The largest absolute Gasteiger partial charge is 0.338 e. The summed E-state index contributed by atoms with van der Waals surface area (Å²) in [4.78, 5) is 6.35. The van der Waals surface area contributed by atoms with Gasteiger partial charge >= 0.3 is 0 Å². The number of aromatic nitrogens is 2. The van der Waals surface area contributed by atoms with Gasteiger partial charge in [-0.2, -0.15) is 4.98 Å². The first-order valence-electron chi connectivity index (χ1n) is 4.77. The van der Waals surface area contributed by atoms with Crippen LogP contribution in [0.4, 0.5) is 0 Å². The van der Waals surface area contributed by atoms with Gasteiger partial charge < -0.3 is 16.0 Å². The molecule has 78 valence electrons. The minimum Gasteiger partial charge on any atom is -0.338 e. The lowest BCUT2D eigenvalue weighted by molar-refractivity contribution is 0.306. The van der Waals surface area contributed by atoms with E-state index in [1.54, 1.807) is 0 Å². The highest BCUT2D eigenvalue weighted by molar-refractivity contribution is 4.88. The average Bonchev–Trinajstić information content (AvgIpc) is 2.76. The lowest BCUT2D eigenvalue weighted by atomic mass is 10.3. The second kappa shape index (κ2) is 4.04. The predicted molar refractivity (Wildman–Crippen MR) is 50.1 cm³/mol. The molecule has 2 heterocycles. The highest BCUT2D eigenvalue weighted by Crippen LogP contribution is 2.10. The monoisotopic (exact) mass is 197 g/mol. The molecule has 0 aromatic carbocycles. The minimum atomic E-state index is 0.288. The first-order chi connectivity index (χ1) is 6.78. The maximum atomic E-state index is 5.78. The predicted octanol–water partition coefficient (Wildman–Crippen LogP) is -0.939. The molecule has 0 amide bonds. The van der Waals surface area contributed by atoms with Gasteiger partial charge in [0.15, 0.2) is 5.82 Å². The van der Waals surface area contributed by atoms with E-state index in [1.807, 2.05) is 0 Å². The molecule has 1 saturated heterocycles. The van der Waals surface area contributed by atoms with Crippen LogP contribution in [0.3, 0.4) is 0 Å². The fraction of sp³-hybridized carbons (Fsp3) is 0.750. The molecule has 0 spiro atoms. The molecule has 1 fully saturated rings. The minimum absolute atomic E-state index is 0.288. The lowest BCUT2D eigenvalue weighted by Gasteiger charge is -2.11. The molecule has 1 atom stereocenters. The SMILES string of the molecule is NCc1nc(CN2CC[C@H](N)C2)no1. The molecule has 6 heteroatoms. The van der Waals surface area contributed by atoms with Crippen molar-refractivity contribution in [2.75, 3.05) is 13.1 Å². The van der Waals surface area contributed by atoms with E-state index in [-0.39, 0.29) is 6.04 Å². The molecule has 0 radical (unpaired) electrons. The summed E-state index contributed by atoms with van der Waals surface area (Å²) in [5, 5.41) is 3.83.